The molecule has 8 nitrogen and oxygen atoms in total. The first-order valence-electron chi connectivity index (χ1n) is 9.52. The summed E-state index contributed by atoms with van der Waals surface area (Å²) in [6.07, 6.45) is 6.32. The Labute approximate surface area is 179 Å². The number of imidazole rings is 1. The molecule has 3 rings (SSSR count). The summed E-state index contributed by atoms with van der Waals surface area (Å²) in [5.41, 5.74) is 3.17. The molecule has 2 heterocycles. The van der Waals surface area contributed by atoms with E-state index in [1.54, 1.807) is 36.3 Å². The maximum absolute atomic E-state index is 13.0. The van der Waals surface area contributed by atoms with Crippen LogP contribution < -0.4 is 10.6 Å². The van der Waals surface area contributed by atoms with E-state index in [0.29, 0.717) is 34.7 Å². The molecule has 2 N–H and O–H groups in total. The number of methoxy groups -OCH3 is 1. The zero-order chi connectivity index (χ0) is 21.5. The zero-order valence-corrected chi connectivity index (χ0v) is 18.1. The molecule has 0 aliphatic rings. The van der Waals surface area contributed by atoms with Crippen LogP contribution in [0.1, 0.15) is 16.8 Å². The molecular weight excluding hydrogens is 402 g/mol. The van der Waals surface area contributed by atoms with Gasteiger partial charge in [-0.25, -0.2) is 4.98 Å². The molecule has 0 bridgehead atoms. The molecule has 158 valence electrons. The molecule has 0 saturated heterocycles. The Morgan fingerprint density at radius 2 is 2.00 bits per heavy atom. The average molecular weight is 428 g/mol. The molecule has 3 aromatic rings. The monoisotopic (exact) mass is 427 g/mol. The van der Waals surface area contributed by atoms with Crippen LogP contribution in [-0.4, -0.2) is 58.6 Å². The minimum absolute atomic E-state index is 0.0707. The molecule has 0 radical (unpaired) electrons. The van der Waals surface area contributed by atoms with E-state index in [-0.39, 0.29) is 18.4 Å². The molecule has 0 saturated carbocycles. The fraction of sp³-hybridized carbons (Fsp3) is 0.333. The van der Waals surface area contributed by atoms with Crippen LogP contribution in [0.4, 0.5) is 5.69 Å². The number of carbonyl (C=O) groups is 2. The number of aryl methyl sites for hydroxylation is 1. The number of hydrogen-bond acceptors (Lipinski definition) is 6. The van der Waals surface area contributed by atoms with Gasteiger partial charge >= 0.3 is 0 Å². The lowest BCUT2D eigenvalue weighted by Crippen LogP contribution is -2.26. The van der Waals surface area contributed by atoms with Gasteiger partial charge < -0.3 is 19.9 Å². The van der Waals surface area contributed by atoms with E-state index in [0.717, 1.165) is 17.7 Å². The van der Waals surface area contributed by atoms with E-state index in [2.05, 4.69) is 15.6 Å². The lowest BCUT2D eigenvalue weighted by molar-refractivity contribution is -0.119. The van der Waals surface area contributed by atoms with Crippen molar-refractivity contribution in [2.45, 2.75) is 6.42 Å². The van der Waals surface area contributed by atoms with Crippen LogP contribution in [0.3, 0.4) is 0 Å². The number of aromatic nitrogens is 3. The summed E-state index contributed by atoms with van der Waals surface area (Å²) in [6.45, 7) is 0.509. The number of thioether (sulfide) groups is 1. The van der Waals surface area contributed by atoms with Crippen molar-refractivity contribution in [3.05, 3.63) is 42.2 Å². The molecule has 0 spiro atoms. The Morgan fingerprint density at radius 3 is 2.70 bits per heavy atom. The van der Waals surface area contributed by atoms with Gasteiger partial charge in [-0.05, 0) is 42.7 Å². The van der Waals surface area contributed by atoms with Gasteiger partial charge in [0.25, 0.3) is 5.91 Å². The van der Waals surface area contributed by atoms with E-state index < -0.39 is 0 Å². The summed E-state index contributed by atoms with van der Waals surface area (Å²) in [6, 6.07) is 7.17. The minimum Gasteiger partial charge on any atom is -0.375 e. The number of amides is 2. The summed E-state index contributed by atoms with van der Waals surface area (Å²) in [5.74, 6) is 1.19. The number of carbonyl (C=O) groups excluding carboxylic acids is 2. The van der Waals surface area contributed by atoms with Crippen LogP contribution in [0, 0.1) is 0 Å². The van der Waals surface area contributed by atoms with Gasteiger partial charge in [0.1, 0.15) is 12.4 Å². The van der Waals surface area contributed by atoms with Crippen molar-refractivity contribution in [2.24, 2.45) is 7.05 Å². The quantitative estimate of drug-likeness (QED) is 0.510. The number of benzene rings is 1. The molecule has 0 aliphatic carbocycles. The standard InChI is InChI=1S/C21H25N5O3S/c1-26-19-16(21(28)23-7-4-10-30-3)11-15(24-18(27)13-29-2)12-17(19)25-20(26)14-5-8-22-9-6-14/h5-6,8-9,11-12H,4,7,10,13H2,1-3H3,(H,23,28)(H,24,27). The van der Waals surface area contributed by atoms with E-state index in [4.69, 9.17) is 9.72 Å². The van der Waals surface area contributed by atoms with Gasteiger partial charge in [-0.3, -0.25) is 14.6 Å². The fourth-order valence-corrected chi connectivity index (χ4v) is 3.63. The number of fused-ring (bicyclic) bond motifs is 1. The Kier molecular flexibility index (Phi) is 7.42. The first kappa shape index (κ1) is 21.8. The number of hydrogen-bond donors (Lipinski definition) is 2. The highest BCUT2D eigenvalue weighted by Gasteiger charge is 2.19. The predicted octanol–water partition coefficient (Wildman–Crippen LogP) is 2.70. The summed E-state index contributed by atoms with van der Waals surface area (Å²) in [7, 11) is 3.33. The van der Waals surface area contributed by atoms with Crippen LogP contribution >= 0.6 is 11.8 Å². The summed E-state index contributed by atoms with van der Waals surface area (Å²) in [5, 5.41) is 5.74. The molecule has 0 fully saturated rings. The highest BCUT2D eigenvalue weighted by Crippen LogP contribution is 2.29. The third-order valence-corrected chi connectivity index (χ3v) is 5.22. The number of rotatable bonds is 9. The lowest BCUT2D eigenvalue weighted by Gasteiger charge is -2.11. The molecule has 0 unspecified atom stereocenters. The molecule has 9 heteroatoms. The second-order valence-electron chi connectivity index (χ2n) is 6.71. The molecule has 0 atom stereocenters. The molecule has 0 aliphatic heterocycles. The van der Waals surface area contributed by atoms with Crippen molar-refractivity contribution < 1.29 is 14.3 Å². The largest absolute Gasteiger partial charge is 0.375 e. The fourth-order valence-electron chi connectivity index (χ4n) is 3.20. The lowest BCUT2D eigenvalue weighted by atomic mass is 10.1. The highest BCUT2D eigenvalue weighted by atomic mass is 32.2. The van der Waals surface area contributed by atoms with Gasteiger partial charge in [-0.2, -0.15) is 11.8 Å². The van der Waals surface area contributed by atoms with Gasteiger partial charge in [0.05, 0.1) is 16.6 Å². The maximum Gasteiger partial charge on any atom is 0.253 e. The third-order valence-electron chi connectivity index (χ3n) is 4.52. The van der Waals surface area contributed by atoms with Crippen LogP contribution in [-0.2, 0) is 16.6 Å². The topological polar surface area (TPSA) is 98.1 Å². The number of anilines is 1. The van der Waals surface area contributed by atoms with Crippen molar-refractivity contribution in [3.63, 3.8) is 0 Å². The van der Waals surface area contributed by atoms with Crippen molar-refractivity contribution in [1.82, 2.24) is 19.9 Å². The SMILES string of the molecule is COCC(=O)Nc1cc(C(=O)NCCCSC)c2c(c1)nc(-c1ccncc1)n2C. The number of ether oxygens (including phenoxy) is 1. The zero-order valence-electron chi connectivity index (χ0n) is 17.3. The summed E-state index contributed by atoms with van der Waals surface area (Å²) in [4.78, 5) is 33.7. The smallest absolute Gasteiger partial charge is 0.253 e. The van der Waals surface area contributed by atoms with E-state index in [1.165, 1.54) is 7.11 Å². The Hall–Kier alpha value is -2.91. The van der Waals surface area contributed by atoms with Gasteiger partial charge in [-0.1, -0.05) is 0 Å². The van der Waals surface area contributed by atoms with Crippen LogP contribution in [0.5, 0.6) is 0 Å². The van der Waals surface area contributed by atoms with Gasteiger partial charge in [-0.15, -0.1) is 0 Å². The van der Waals surface area contributed by atoms with Crippen LogP contribution in [0.25, 0.3) is 22.4 Å². The van der Waals surface area contributed by atoms with Gasteiger partial charge in [0, 0.05) is 44.3 Å². The second kappa shape index (κ2) is 10.2. The second-order valence-corrected chi connectivity index (χ2v) is 7.69. The van der Waals surface area contributed by atoms with Crippen LogP contribution in [0.2, 0.25) is 0 Å². The van der Waals surface area contributed by atoms with E-state index in [9.17, 15) is 9.59 Å². The molecule has 2 amide bonds. The Balaban J connectivity index is 2.04. The van der Waals surface area contributed by atoms with Crippen LogP contribution in [0.15, 0.2) is 36.7 Å². The number of nitrogens with one attached hydrogen (secondary N) is 2. The first-order valence-corrected chi connectivity index (χ1v) is 10.9. The molecule has 30 heavy (non-hydrogen) atoms. The van der Waals surface area contributed by atoms with E-state index >= 15 is 0 Å². The average Bonchev–Trinajstić information content (AvgIpc) is 3.07. The Morgan fingerprint density at radius 1 is 1.23 bits per heavy atom. The van der Waals surface area contributed by atoms with Crippen molar-refractivity contribution in [2.75, 3.05) is 37.6 Å². The van der Waals surface area contributed by atoms with E-state index in [1.807, 2.05) is 30.0 Å². The van der Waals surface area contributed by atoms with Crippen molar-refractivity contribution in [1.29, 1.82) is 0 Å². The Bertz CT molecular complexity index is 1040. The number of pyridine rings is 1. The first-order chi connectivity index (χ1) is 14.5. The number of nitrogens with zero attached hydrogens (tertiary/aromatic N) is 3. The molecular formula is C21H25N5O3S. The summed E-state index contributed by atoms with van der Waals surface area (Å²) < 4.78 is 6.77. The van der Waals surface area contributed by atoms with Gasteiger partial charge in [0.2, 0.25) is 5.91 Å². The highest BCUT2D eigenvalue weighted by molar-refractivity contribution is 7.98. The molecule has 1 aromatic carbocycles. The van der Waals surface area contributed by atoms with Crippen molar-refractivity contribution in [3.8, 4) is 11.4 Å². The minimum atomic E-state index is -0.298. The maximum atomic E-state index is 13.0. The normalized spacial score (nSPS) is 10.9. The third kappa shape index (κ3) is 4.98. The summed E-state index contributed by atoms with van der Waals surface area (Å²) >= 11 is 1.74. The molecule has 2 aromatic heterocycles. The predicted molar refractivity (Wildman–Crippen MR) is 120 cm³/mol. The van der Waals surface area contributed by atoms with Gasteiger partial charge in [0.15, 0.2) is 0 Å². The van der Waals surface area contributed by atoms with Crippen molar-refractivity contribution >= 4 is 40.3 Å².